The molecule has 0 aliphatic rings. The molecule has 1 aromatic rings. The van der Waals surface area contributed by atoms with Gasteiger partial charge in [0.25, 0.3) is 0 Å². The normalized spacial score (nSPS) is 10.8. The molecular weight excluding hydrogens is 198 g/mol. The molecule has 3 nitrogen and oxygen atoms in total. The minimum atomic E-state index is -0.0975. The average Bonchev–Trinajstić information content (AvgIpc) is 2.47. The van der Waals surface area contributed by atoms with Crippen molar-refractivity contribution in [2.75, 3.05) is 6.61 Å². The van der Waals surface area contributed by atoms with Gasteiger partial charge in [0.15, 0.2) is 5.01 Å². The van der Waals surface area contributed by atoms with E-state index in [9.17, 15) is 4.79 Å². The van der Waals surface area contributed by atoms with Crippen LogP contribution in [0.15, 0.2) is 12.3 Å². The molecule has 0 N–H and O–H groups in total. The van der Waals surface area contributed by atoms with Gasteiger partial charge in [-0.25, -0.2) is 4.98 Å². The van der Waals surface area contributed by atoms with Crippen LogP contribution in [0.1, 0.15) is 27.3 Å². The number of rotatable bonds is 4. The van der Waals surface area contributed by atoms with Gasteiger partial charge in [0, 0.05) is 11.0 Å². The molecule has 0 radical (unpaired) electrons. The molecule has 0 saturated carbocycles. The summed E-state index contributed by atoms with van der Waals surface area (Å²) in [6.45, 7) is 6.29. The van der Waals surface area contributed by atoms with Gasteiger partial charge in [0.05, 0.1) is 18.6 Å². The van der Waals surface area contributed by atoms with Crippen molar-refractivity contribution in [3.05, 3.63) is 27.9 Å². The quantitative estimate of drug-likeness (QED) is 0.436. The van der Waals surface area contributed by atoms with E-state index in [4.69, 9.17) is 4.74 Å². The van der Waals surface area contributed by atoms with Gasteiger partial charge in [-0.1, -0.05) is 0 Å². The zero-order valence-corrected chi connectivity index (χ0v) is 9.35. The number of thiazole rings is 1. The van der Waals surface area contributed by atoms with Crippen LogP contribution < -0.4 is 0 Å². The van der Waals surface area contributed by atoms with Gasteiger partial charge in [-0.05, 0) is 20.8 Å². The van der Waals surface area contributed by atoms with Crippen LogP contribution in [0.3, 0.4) is 0 Å². The van der Waals surface area contributed by atoms with Crippen molar-refractivity contribution in [3.63, 3.8) is 0 Å². The molecule has 0 amide bonds. The smallest absolute Gasteiger partial charge is 0.217 e. The standard InChI is InChI=1S/C10H13NO2S/c1-4-13-6-5-9(12)10-11-7(2)8(3)14-10/h5-6H,4H2,1-3H3/b6-5+. The van der Waals surface area contributed by atoms with E-state index in [1.54, 1.807) is 0 Å². The summed E-state index contributed by atoms with van der Waals surface area (Å²) < 4.78 is 4.94. The van der Waals surface area contributed by atoms with Crippen LogP contribution in [-0.4, -0.2) is 17.4 Å². The van der Waals surface area contributed by atoms with Crippen molar-refractivity contribution in [1.29, 1.82) is 0 Å². The third-order valence-corrected chi connectivity index (χ3v) is 2.81. The number of carbonyl (C=O) groups is 1. The molecule has 0 spiro atoms. The molecule has 0 aromatic carbocycles. The Morgan fingerprint density at radius 1 is 1.57 bits per heavy atom. The molecule has 0 unspecified atom stereocenters. The van der Waals surface area contributed by atoms with Gasteiger partial charge < -0.3 is 4.74 Å². The highest BCUT2D eigenvalue weighted by Crippen LogP contribution is 2.16. The van der Waals surface area contributed by atoms with Gasteiger partial charge in [0.1, 0.15) is 0 Å². The molecule has 1 rings (SSSR count). The molecule has 0 saturated heterocycles. The predicted molar refractivity (Wildman–Crippen MR) is 56.7 cm³/mol. The van der Waals surface area contributed by atoms with Crippen LogP contribution in [0.4, 0.5) is 0 Å². The third-order valence-electron chi connectivity index (χ3n) is 1.72. The van der Waals surface area contributed by atoms with Crippen LogP contribution in [0.2, 0.25) is 0 Å². The highest BCUT2D eigenvalue weighted by atomic mass is 32.1. The van der Waals surface area contributed by atoms with Gasteiger partial charge in [-0.3, -0.25) is 4.79 Å². The zero-order valence-electron chi connectivity index (χ0n) is 8.53. The Hall–Kier alpha value is -1.16. The molecule has 14 heavy (non-hydrogen) atoms. The van der Waals surface area contributed by atoms with Crippen molar-refractivity contribution >= 4 is 17.1 Å². The second-order valence-corrected chi connectivity index (χ2v) is 3.99. The van der Waals surface area contributed by atoms with Crippen LogP contribution >= 0.6 is 11.3 Å². The molecule has 0 aliphatic carbocycles. The fourth-order valence-electron chi connectivity index (χ4n) is 0.856. The molecule has 0 aliphatic heterocycles. The highest BCUT2D eigenvalue weighted by Gasteiger charge is 2.09. The molecule has 4 heteroatoms. The minimum absolute atomic E-state index is 0.0975. The Morgan fingerprint density at radius 3 is 2.79 bits per heavy atom. The Bertz CT molecular complexity index is 336. The monoisotopic (exact) mass is 211 g/mol. The maximum atomic E-state index is 11.5. The van der Waals surface area contributed by atoms with E-state index in [0.29, 0.717) is 11.6 Å². The first-order valence-electron chi connectivity index (χ1n) is 4.41. The summed E-state index contributed by atoms with van der Waals surface area (Å²) in [5.41, 5.74) is 0.920. The SMILES string of the molecule is CCO/C=C/C(=O)c1nc(C)c(C)s1. The van der Waals surface area contributed by atoms with E-state index in [1.165, 1.54) is 23.7 Å². The van der Waals surface area contributed by atoms with Crippen LogP contribution in [0.25, 0.3) is 0 Å². The van der Waals surface area contributed by atoms with Gasteiger partial charge in [0.2, 0.25) is 5.78 Å². The minimum Gasteiger partial charge on any atom is -0.501 e. The third kappa shape index (κ3) is 2.67. The second-order valence-electron chi connectivity index (χ2n) is 2.78. The van der Waals surface area contributed by atoms with Crippen molar-refractivity contribution in [3.8, 4) is 0 Å². The number of hydrogen-bond acceptors (Lipinski definition) is 4. The largest absolute Gasteiger partial charge is 0.501 e. The molecule has 0 bridgehead atoms. The lowest BCUT2D eigenvalue weighted by Crippen LogP contribution is -1.93. The van der Waals surface area contributed by atoms with Gasteiger partial charge in [-0.2, -0.15) is 0 Å². The predicted octanol–water partition coefficient (Wildman–Crippen LogP) is 2.49. The first kappa shape index (κ1) is 10.9. The number of ketones is 1. The zero-order chi connectivity index (χ0) is 10.6. The number of aromatic nitrogens is 1. The Kier molecular flexibility index (Phi) is 3.83. The second kappa shape index (κ2) is 4.91. The molecular formula is C10H13NO2S. The lowest BCUT2D eigenvalue weighted by atomic mass is 10.4. The topological polar surface area (TPSA) is 39.2 Å². The Morgan fingerprint density at radius 2 is 2.29 bits per heavy atom. The van der Waals surface area contributed by atoms with Crippen molar-refractivity contribution in [2.24, 2.45) is 0 Å². The number of allylic oxidation sites excluding steroid dienone is 1. The summed E-state index contributed by atoms with van der Waals surface area (Å²) in [6, 6.07) is 0. The summed E-state index contributed by atoms with van der Waals surface area (Å²) >= 11 is 1.41. The molecule has 0 fully saturated rings. The van der Waals surface area contributed by atoms with E-state index in [1.807, 2.05) is 20.8 Å². The van der Waals surface area contributed by atoms with Crippen molar-refractivity contribution in [1.82, 2.24) is 4.98 Å². The van der Waals surface area contributed by atoms with E-state index in [2.05, 4.69) is 4.98 Å². The lowest BCUT2D eigenvalue weighted by molar-refractivity contribution is 0.104. The number of aryl methyl sites for hydroxylation is 2. The van der Waals surface area contributed by atoms with Crippen LogP contribution in [-0.2, 0) is 4.74 Å². The summed E-state index contributed by atoms with van der Waals surface area (Å²) in [4.78, 5) is 16.7. The number of ether oxygens (including phenoxy) is 1. The van der Waals surface area contributed by atoms with Crippen molar-refractivity contribution < 1.29 is 9.53 Å². The Labute approximate surface area is 87.4 Å². The summed E-state index contributed by atoms with van der Waals surface area (Å²) in [7, 11) is 0. The average molecular weight is 211 g/mol. The maximum Gasteiger partial charge on any atom is 0.217 e. The van der Waals surface area contributed by atoms with Crippen molar-refractivity contribution in [2.45, 2.75) is 20.8 Å². The number of carbonyl (C=O) groups excluding carboxylic acids is 1. The first-order valence-corrected chi connectivity index (χ1v) is 5.23. The number of hydrogen-bond donors (Lipinski definition) is 0. The van der Waals surface area contributed by atoms with E-state index in [0.717, 1.165) is 10.6 Å². The van der Waals surface area contributed by atoms with E-state index >= 15 is 0 Å². The van der Waals surface area contributed by atoms with Crippen LogP contribution in [0.5, 0.6) is 0 Å². The highest BCUT2D eigenvalue weighted by molar-refractivity contribution is 7.13. The first-order chi connectivity index (χ1) is 6.65. The number of nitrogens with zero attached hydrogens (tertiary/aromatic N) is 1. The summed E-state index contributed by atoms with van der Waals surface area (Å²) in [5.74, 6) is -0.0975. The lowest BCUT2D eigenvalue weighted by Gasteiger charge is -1.90. The van der Waals surface area contributed by atoms with Gasteiger partial charge in [-0.15, -0.1) is 11.3 Å². The molecule has 0 atom stereocenters. The molecule has 1 heterocycles. The Balaban J connectivity index is 2.70. The molecule has 1 aromatic heterocycles. The van der Waals surface area contributed by atoms with Crippen LogP contribution in [0, 0.1) is 13.8 Å². The maximum absolute atomic E-state index is 11.5. The molecule has 76 valence electrons. The van der Waals surface area contributed by atoms with E-state index < -0.39 is 0 Å². The van der Waals surface area contributed by atoms with Gasteiger partial charge >= 0.3 is 0 Å². The fourth-order valence-corrected chi connectivity index (χ4v) is 1.69. The van der Waals surface area contributed by atoms with E-state index in [-0.39, 0.29) is 5.78 Å². The summed E-state index contributed by atoms with van der Waals surface area (Å²) in [5, 5.41) is 0.524. The fraction of sp³-hybridized carbons (Fsp3) is 0.400. The summed E-state index contributed by atoms with van der Waals surface area (Å²) in [6.07, 6.45) is 2.82.